The van der Waals surface area contributed by atoms with Gasteiger partial charge in [-0.05, 0) is 19.4 Å². The zero-order valence-corrected chi connectivity index (χ0v) is 13.0. The van der Waals surface area contributed by atoms with Crippen molar-refractivity contribution in [2.45, 2.75) is 25.4 Å². The molecule has 0 aliphatic heterocycles. The lowest BCUT2D eigenvalue weighted by molar-refractivity contribution is -0.384. The van der Waals surface area contributed by atoms with E-state index in [1.54, 1.807) is 26.0 Å². The number of halogens is 1. The van der Waals surface area contributed by atoms with Crippen molar-refractivity contribution >= 4 is 24.9 Å². The fourth-order valence-corrected chi connectivity index (χ4v) is 3.69. The number of hydrogen-bond donors (Lipinski definition) is 0. The molecule has 6 nitrogen and oxygen atoms in total. The first-order chi connectivity index (χ1) is 9.42. The zero-order valence-electron chi connectivity index (χ0n) is 11.3. The van der Waals surface area contributed by atoms with E-state index in [1.165, 1.54) is 12.1 Å². The first-order valence-electron chi connectivity index (χ1n) is 6.19. The van der Waals surface area contributed by atoms with E-state index in [0.717, 1.165) is 5.56 Å². The van der Waals surface area contributed by atoms with Crippen LogP contribution in [0.15, 0.2) is 24.3 Å². The van der Waals surface area contributed by atoms with Gasteiger partial charge in [-0.2, -0.15) is 0 Å². The zero-order chi connectivity index (χ0) is 15.2. The number of hydrogen-bond acceptors (Lipinski definition) is 5. The summed E-state index contributed by atoms with van der Waals surface area (Å²) in [6, 6.07) is 5.92. The molecule has 112 valence electrons. The topological polar surface area (TPSA) is 78.7 Å². The van der Waals surface area contributed by atoms with E-state index in [9.17, 15) is 14.7 Å². The summed E-state index contributed by atoms with van der Waals surface area (Å²) >= 11 is 6.14. The molecular formula is C12H17ClNO5P. The largest absolute Gasteiger partial charge is 0.348 e. The van der Waals surface area contributed by atoms with Crippen LogP contribution < -0.4 is 0 Å². The number of non-ortho nitro benzene ring substituents is 1. The van der Waals surface area contributed by atoms with E-state index in [4.69, 9.17) is 20.6 Å². The van der Waals surface area contributed by atoms with Gasteiger partial charge in [0.2, 0.25) is 0 Å². The van der Waals surface area contributed by atoms with Gasteiger partial charge in [0.25, 0.3) is 5.69 Å². The molecule has 0 aliphatic carbocycles. The molecule has 0 fully saturated rings. The van der Waals surface area contributed by atoms with Gasteiger partial charge < -0.3 is 9.05 Å². The Labute approximate surface area is 122 Å². The minimum Gasteiger partial charge on any atom is -0.308 e. The normalized spacial score (nSPS) is 13.2. The molecule has 0 N–H and O–H groups in total. The van der Waals surface area contributed by atoms with Gasteiger partial charge in [-0.25, -0.2) is 0 Å². The summed E-state index contributed by atoms with van der Waals surface area (Å²) < 4.78 is 22.7. The number of nitro groups is 1. The molecule has 0 aliphatic rings. The molecule has 20 heavy (non-hydrogen) atoms. The summed E-state index contributed by atoms with van der Waals surface area (Å²) in [5, 5.41) is 9.73. The van der Waals surface area contributed by atoms with Crippen LogP contribution >= 0.6 is 19.2 Å². The minimum atomic E-state index is -3.38. The number of alkyl halides is 1. The first-order valence-corrected chi connectivity index (χ1v) is 8.24. The van der Waals surface area contributed by atoms with Crippen LogP contribution in [0.3, 0.4) is 0 Å². The van der Waals surface area contributed by atoms with E-state index in [-0.39, 0.29) is 25.3 Å². The number of rotatable bonds is 8. The molecule has 1 unspecified atom stereocenters. The molecule has 1 rings (SSSR count). The van der Waals surface area contributed by atoms with Crippen LogP contribution in [0.2, 0.25) is 0 Å². The van der Waals surface area contributed by atoms with Gasteiger partial charge in [0, 0.05) is 18.6 Å². The molecule has 1 aromatic carbocycles. The van der Waals surface area contributed by atoms with Crippen molar-refractivity contribution in [3.63, 3.8) is 0 Å². The van der Waals surface area contributed by atoms with Crippen molar-refractivity contribution in [2.75, 3.05) is 13.2 Å². The highest BCUT2D eigenvalue weighted by Crippen LogP contribution is 2.55. The van der Waals surface area contributed by atoms with Crippen molar-refractivity contribution in [1.29, 1.82) is 0 Å². The van der Waals surface area contributed by atoms with Gasteiger partial charge >= 0.3 is 7.60 Å². The molecule has 0 saturated heterocycles. The van der Waals surface area contributed by atoms with E-state index in [2.05, 4.69) is 0 Å². The third-order valence-corrected chi connectivity index (χ3v) is 5.49. The van der Waals surface area contributed by atoms with E-state index < -0.39 is 17.6 Å². The van der Waals surface area contributed by atoms with E-state index in [1.807, 2.05) is 0 Å². The fourth-order valence-electron chi connectivity index (χ4n) is 1.62. The summed E-state index contributed by atoms with van der Waals surface area (Å²) in [5.41, 5.74) is 0.730. The fraction of sp³-hybridized carbons (Fsp3) is 0.500. The van der Waals surface area contributed by atoms with Gasteiger partial charge in [0.05, 0.1) is 18.1 Å². The first kappa shape index (κ1) is 17.1. The van der Waals surface area contributed by atoms with Crippen molar-refractivity contribution in [1.82, 2.24) is 0 Å². The summed E-state index contributed by atoms with van der Waals surface area (Å²) in [7, 11) is -3.38. The smallest absolute Gasteiger partial charge is 0.308 e. The van der Waals surface area contributed by atoms with Crippen LogP contribution in [-0.2, 0) is 20.0 Å². The maximum absolute atomic E-state index is 12.4. The Hall–Kier alpha value is -0.940. The lowest BCUT2D eigenvalue weighted by Crippen LogP contribution is -2.10. The predicted molar refractivity (Wildman–Crippen MR) is 77.3 cm³/mol. The van der Waals surface area contributed by atoms with Crippen LogP contribution in [0.25, 0.3) is 0 Å². The molecule has 0 spiro atoms. The van der Waals surface area contributed by atoms with Gasteiger partial charge in [-0.1, -0.05) is 12.1 Å². The van der Waals surface area contributed by atoms with Crippen molar-refractivity contribution in [2.24, 2.45) is 0 Å². The Morgan fingerprint density at radius 1 is 1.25 bits per heavy atom. The van der Waals surface area contributed by atoms with Gasteiger partial charge in [-0.3, -0.25) is 14.7 Å². The summed E-state index contributed by atoms with van der Waals surface area (Å²) in [6.07, 6.45) is 0.247. The SMILES string of the molecule is CCOP(=O)(OCC)C(Cl)Cc1ccc([N+](=O)[O-])cc1. The van der Waals surface area contributed by atoms with Crippen LogP contribution in [0.4, 0.5) is 5.69 Å². The predicted octanol–water partition coefficient (Wildman–Crippen LogP) is 3.97. The Bertz CT molecular complexity index is 483. The molecule has 0 amide bonds. The highest BCUT2D eigenvalue weighted by Gasteiger charge is 2.34. The van der Waals surface area contributed by atoms with Gasteiger partial charge in [0.1, 0.15) is 5.12 Å². The molecule has 0 radical (unpaired) electrons. The van der Waals surface area contributed by atoms with Crippen molar-refractivity contribution < 1.29 is 18.5 Å². The second kappa shape index (κ2) is 7.74. The Morgan fingerprint density at radius 3 is 2.15 bits per heavy atom. The second-order valence-electron chi connectivity index (χ2n) is 3.94. The summed E-state index contributed by atoms with van der Waals surface area (Å²) in [6.45, 7) is 3.89. The second-order valence-corrected chi connectivity index (χ2v) is 6.99. The Kier molecular flexibility index (Phi) is 6.62. The third-order valence-electron chi connectivity index (χ3n) is 2.51. The number of nitro benzene ring substituents is 1. The Morgan fingerprint density at radius 2 is 1.75 bits per heavy atom. The van der Waals surface area contributed by atoms with Gasteiger partial charge in [-0.15, -0.1) is 11.6 Å². The molecule has 0 bridgehead atoms. The van der Waals surface area contributed by atoms with Crippen molar-refractivity contribution in [3.8, 4) is 0 Å². The average molecular weight is 322 g/mol. The molecule has 8 heteroatoms. The monoisotopic (exact) mass is 321 g/mol. The summed E-state index contributed by atoms with van der Waals surface area (Å²) in [5.74, 6) is 0. The Balaban J connectivity index is 2.79. The number of nitrogens with zero attached hydrogens (tertiary/aromatic N) is 1. The lowest BCUT2D eigenvalue weighted by Gasteiger charge is -2.21. The number of benzene rings is 1. The molecule has 0 aromatic heterocycles. The van der Waals surface area contributed by atoms with Gasteiger partial charge in [0.15, 0.2) is 0 Å². The van der Waals surface area contributed by atoms with E-state index in [0.29, 0.717) is 0 Å². The third kappa shape index (κ3) is 4.56. The molecule has 0 heterocycles. The molecular weight excluding hydrogens is 305 g/mol. The molecule has 1 atom stereocenters. The minimum absolute atomic E-state index is 0.00216. The molecule has 0 saturated carbocycles. The maximum Gasteiger partial charge on any atom is 0.348 e. The van der Waals surface area contributed by atoms with Crippen LogP contribution in [-0.4, -0.2) is 23.3 Å². The van der Waals surface area contributed by atoms with Crippen molar-refractivity contribution in [3.05, 3.63) is 39.9 Å². The molecule has 1 aromatic rings. The maximum atomic E-state index is 12.4. The van der Waals surface area contributed by atoms with E-state index >= 15 is 0 Å². The van der Waals surface area contributed by atoms with Crippen LogP contribution in [0.5, 0.6) is 0 Å². The van der Waals surface area contributed by atoms with Crippen LogP contribution in [0, 0.1) is 10.1 Å². The average Bonchev–Trinajstić information content (AvgIpc) is 2.39. The standard InChI is InChI=1S/C12H17ClNO5P/c1-3-18-20(17,19-4-2)12(13)9-10-5-7-11(8-6-10)14(15)16/h5-8,12H,3-4,9H2,1-2H3. The van der Waals surface area contributed by atoms with Crippen LogP contribution in [0.1, 0.15) is 19.4 Å². The lowest BCUT2D eigenvalue weighted by atomic mass is 10.1. The quantitative estimate of drug-likeness (QED) is 0.313. The highest BCUT2D eigenvalue weighted by atomic mass is 35.5. The summed E-state index contributed by atoms with van der Waals surface area (Å²) in [4.78, 5) is 10.1. The highest BCUT2D eigenvalue weighted by molar-refractivity contribution is 7.56.